The Morgan fingerprint density at radius 2 is 1.81 bits per heavy atom. The van der Waals surface area contributed by atoms with Gasteiger partial charge >= 0.3 is 0 Å². The molecule has 0 bridgehead atoms. The lowest BCUT2D eigenvalue weighted by atomic mass is 10.2. The fourth-order valence-electron chi connectivity index (χ4n) is 1.23. The molecule has 0 saturated heterocycles. The van der Waals surface area contributed by atoms with Crippen molar-refractivity contribution in [3.05, 3.63) is 45.1 Å². The number of nitriles is 1. The first kappa shape index (κ1) is 11.2. The first-order valence-electron chi connectivity index (χ1n) is 4.38. The molecule has 2 rings (SSSR count). The maximum atomic E-state index is 8.82. The van der Waals surface area contributed by atoms with E-state index in [4.69, 9.17) is 5.26 Å². The van der Waals surface area contributed by atoms with E-state index in [2.05, 4.69) is 41.8 Å². The molecule has 0 amide bonds. The summed E-state index contributed by atoms with van der Waals surface area (Å²) in [6.07, 6.45) is 1.69. The molecule has 0 N–H and O–H groups in total. The van der Waals surface area contributed by atoms with Gasteiger partial charge in [-0.25, -0.2) is 4.98 Å². The molecule has 78 valence electrons. The van der Waals surface area contributed by atoms with Crippen molar-refractivity contribution in [1.82, 2.24) is 9.97 Å². The zero-order chi connectivity index (χ0) is 11.5. The van der Waals surface area contributed by atoms with Gasteiger partial charge in [-0.3, -0.25) is 4.98 Å². The molecular weight excluding hydrogens is 334 g/mol. The Morgan fingerprint density at radius 1 is 1.06 bits per heavy atom. The van der Waals surface area contributed by atoms with Crippen LogP contribution in [0.1, 0.15) is 5.69 Å². The SMILES string of the molecule is N#Cc1cc(Br)cc(-c2cc(Br)ccn2)n1. The Labute approximate surface area is 109 Å². The van der Waals surface area contributed by atoms with Crippen molar-refractivity contribution in [3.8, 4) is 17.5 Å². The van der Waals surface area contributed by atoms with Gasteiger partial charge in [0.1, 0.15) is 11.8 Å². The van der Waals surface area contributed by atoms with Crippen LogP contribution in [-0.2, 0) is 0 Å². The van der Waals surface area contributed by atoms with Gasteiger partial charge in [0.05, 0.1) is 11.4 Å². The Bertz CT molecular complexity index is 576. The molecule has 0 radical (unpaired) electrons. The van der Waals surface area contributed by atoms with E-state index < -0.39 is 0 Å². The van der Waals surface area contributed by atoms with Gasteiger partial charge in [-0.05, 0) is 24.3 Å². The molecule has 0 aliphatic rings. The van der Waals surface area contributed by atoms with E-state index in [1.165, 1.54) is 0 Å². The molecule has 2 heterocycles. The van der Waals surface area contributed by atoms with Gasteiger partial charge in [0.2, 0.25) is 0 Å². The third-order valence-electron chi connectivity index (χ3n) is 1.89. The molecule has 0 spiro atoms. The zero-order valence-corrected chi connectivity index (χ0v) is 11.2. The van der Waals surface area contributed by atoms with Crippen LogP contribution in [0.4, 0.5) is 0 Å². The monoisotopic (exact) mass is 337 g/mol. The van der Waals surface area contributed by atoms with Crippen molar-refractivity contribution in [1.29, 1.82) is 5.26 Å². The summed E-state index contributed by atoms with van der Waals surface area (Å²) in [5.41, 5.74) is 1.77. The summed E-state index contributed by atoms with van der Waals surface area (Å²) < 4.78 is 1.74. The summed E-state index contributed by atoms with van der Waals surface area (Å²) in [5, 5.41) is 8.82. The van der Waals surface area contributed by atoms with Crippen LogP contribution in [0.25, 0.3) is 11.4 Å². The Balaban J connectivity index is 2.56. The summed E-state index contributed by atoms with van der Waals surface area (Å²) in [4.78, 5) is 8.39. The third kappa shape index (κ3) is 2.46. The normalized spacial score (nSPS) is 9.81. The van der Waals surface area contributed by atoms with Crippen LogP contribution in [-0.4, -0.2) is 9.97 Å². The van der Waals surface area contributed by atoms with E-state index in [0.717, 1.165) is 14.6 Å². The van der Waals surface area contributed by atoms with Gasteiger partial charge in [-0.15, -0.1) is 0 Å². The average Bonchev–Trinajstić information content (AvgIpc) is 2.28. The minimum atomic E-state index is 0.367. The van der Waals surface area contributed by atoms with E-state index in [1.54, 1.807) is 12.3 Å². The summed E-state index contributed by atoms with van der Waals surface area (Å²) in [6.45, 7) is 0. The minimum absolute atomic E-state index is 0.367. The average molecular weight is 339 g/mol. The maximum Gasteiger partial charge on any atom is 0.142 e. The molecule has 0 atom stereocenters. The molecule has 2 aromatic rings. The van der Waals surface area contributed by atoms with Crippen molar-refractivity contribution in [2.75, 3.05) is 0 Å². The standard InChI is InChI=1S/C11H5Br2N3/c12-7-1-2-15-10(4-7)11-5-8(13)3-9(6-14)16-11/h1-5H. The van der Waals surface area contributed by atoms with Gasteiger partial charge in [0.25, 0.3) is 0 Å². The van der Waals surface area contributed by atoms with E-state index in [9.17, 15) is 0 Å². The van der Waals surface area contributed by atoms with E-state index in [0.29, 0.717) is 11.4 Å². The Kier molecular flexibility index (Phi) is 3.32. The van der Waals surface area contributed by atoms with Crippen molar-refractivity contribution >= 4 is 31.9 Å². The topological polar surface area (TPSA) is 49.6 Å². The fourth-order valence-corrected chi connectivity index (χ4v) is 2.00. The molecule has 2 aromatic heterocycles. The number of aromatic nitrogens is 2. The van der Waals surface area contributed by atoms with Gasteiger partial charge in [-0.2, -0.15) is 5.26 Å². The van der Waals surface area contributed by atoms with Gasteiger partial charge < -0.3 is 0 Å². The predicted molar refractivity (Wildman–Crippen MR) is 67.6 cm³/mol. The van der Waals surface area contributed by atoms with Crippen LogP contribution in [0.3, 0.4) is 0 Å². The molecule has 0 fully saturated rings. The molecule has 5 heteroatoms. The Morgan fingerprint density at radius 3 is 2.50 bits per heavy atom. The van der Waals surface area contributed by atoms with E-state index in [1.807, 2.05) is 24.3 Å². The smallest absolute Gasteiger partial charge is 0.142 e. The highest BCUT2D eigenvalue weighted by atomic mass is 79.9. The Hall–Kier alpha value is -1.25. The van der Waals surface area contributed by atoms with Crippen LogP contribution in [0.5, 0.6) is 0 Å². The largest absolute Gasteiger partial charge is 0.255 e. The number of pyridine rings is 2. The summed E-state index contributed by atoms with van der Waals surface area (Å²) in [5.74, 6) is 0. The second-order valence-corrected chi connectivity index (χ2v) is 4.86. The number of nitrogens with zero attached hydrogens (tertiary/aromatic N) is 3. The molecule has 3 nitrogen and oxygen atoms in total. The van der Waals surface area contributed by atoms with Crippen LogP contribution < -0.4 is 0 Å². The molecular formula is C11H5Br2N3. The quantitative estimate of drug-likeness (QED) is 0.799. The second kappa shape index (κ2) is 4.73. The number of hydrogen-bond donors (Lipinski definition) is 0. The van der Waals surface area contributed by atoms with E-state index in [-0.39, 0.29) is 0 Å². The van der Waals surface area contributed by atoms with Crippen LogP contribution >= 0.6 is 31.9 Å². The zero-order valence-electron chi connectivity index (χ0n) is 7.98. The lowest BCUT2D eigenvalue weighted by molar-refractivity contribution is 1.21. The molecule has 0 aliphatic heterocycles. The number of rotatable bonds is 1. The van der Waals surface area contributed by atoms with Crippen LogP contribution in [0, 0.1) is 11.3 Å². The first-order chi connectivity index (χ1) is 7.69. The van der Waals surface area contributed by atoms with Gasteiger partial charge in [-0.1, -0.05) is 31.9 Å². The van der Waals surface area contributed by atoms with Crippen molar-refractivity contribution in [2.24, 2.45) is 0 Å². The molecule has 0 aromatic carbocycles. The van der Waals surface area contributed by atoms with Crippen molar-refractivity contribution < 1.29 is 0 Å². The third-order valence-corrected chi connectivity index (χ3v) is 2.84. The highest BCUT2D eigenvalue weighted by Crippen LogP contribution is 2.22. The molecule has 0 saturated carbocycles. The van der Waals surface area contributed by atoms with Crippen molar-refractivity contribution in [2.45, 2.75) is 0 Å². The lowest BCUT2D eigenvalue weighted by Crippen LogP contribution is -1.90. The lowest BCUT2D eigenvalue weighted by Gasteiger charge is -2.01. The summed E-state index contributed by atoms with van der Waals surface area (Å²) >= 11 is 6.71. The summed E-state index contributed by atoms with van der Waals surface area (Å²) in [6, 6.07) is 9.21. The number of hydrogen-bond acceptors (Lipinski definition) is 3. The number of halogens is 2. The molecule has 0 aliphatic carbocycles. The highest BCUT2D eigenvalue weighted by molar-refractivity contribution is 9.10. The summed E-state index contributed by atoms with van der Waals surface area (Å²) in [7, 11) is 0. The maximum absolute atomic E-state index is 8.82. The van der Waals surface area contributed by atoms with Crippen molar-refractivity contribution in [3.63, 3.8) is 0 Å². The van der Waals surface area contributed by atoms with Crippen LogP contribution in [0.2, 0.25) is 0 Å². The fraction of sp³-hybridized carbons (Fsp3) is 0. The predicted octanol–water partition coefficient (Wildman–Crippen LogP) is 3.54. The van der Waals surface area contributed by atoms with Gasteiger partial charge in [0.15, 0.2) is 0 Å². The van der Waals surface area contributed by atoms with Gasteiger partial charge in [0, 0.05) is 15.1 Å². The molecule has 16 heavy (non-hydrogen) atoms. The van der Waals surface area contributed by atoms with E-state index >= 15 is 0 Å². The second-order valence-electron chi connectivity index (χ2n) is 3.03. The highest BCUT2D eigenvalue weighted by Gasteiger charge is 2.05. The molecule has 0 unspecified atom stereocenters. The first-order valence-corrected chi connectivity index (χ1v) is 5.97. The minimum Gasteiger partial charge on any atom is -0.255 e. The van der Waals surface area contributed by atoms with Crippen LogP contribution in [0.15, 0.2) is 39.4 Å².